The van der Waals surface area contributed by atoms with Gasteiger partial charge in [-0.2, -0.15) is 4.72 Å². The average molecular weight is 331 g/mol. The van der Waals surface area contributed by atoms with Crippen LogP contribution in [0.5, 0.6) is 11.5 Å². The van der Waals surface area contributed by atoms with Crippen molar-refractivity contribution in [3.05, 3.63) is 18.2 Å². The van der Waals surface area contributed by atoms with E-state index in [1.807, 2.05) is 13.8 Å². The molecular formula is C14H21NO6S. The molecule has 1 unspecified atom stereocenters. The molecule has 1 aromatic rings. The van der Waals surface area contributed by atoms with Gasteiger partial charge in [0.25, 0.3) is 0 Å². The van der Waals surface area contributed by atoms with Crippen molar-refractivity contribution in [1.82, 2.24) is 4.72 Å². The van der Waals surface area contributed by atoms with Crippen LogP contribution in [0.2, 0.25) is 0 Å². The highest BCUT2D eigenvalue weighted by molar-refractivity contribution is 7.89. The molecule has 0 aliphatic heterocycles. The van der Waals surface area contributed by atoms with Crippen molar-refractivity contribution < 1.29 is 27.8 Å². The summed E-state index contributed by atoms with van der Waals surface area (Å²) in [6.07, 6.45) is 0.190. The molecule has 2 N–H and O–H groups in total. The van der Waals surface area contributed by atoms with Gasteiger partial charge in [0, 0.05) is 18.2 Å². The molecule has 0 fully saturated rings. The van der Waals surface area contributed by atoms with E-state index in [1.54, 1.807) is 0 Å². The van der Waals surface area contributed by atoms with Gasteiger partial charge in [-0.25, -0.2) is 8.42 Å². The van der Waals surface area contributed by atoms with Crippen molar-refractivity contribution >= 4 is 16.0 Å². The molecule has 8 heteroatoms. The topological polar surface area (TPSA) is 102 Å². The molecule has 1 atom stereocenters. The number of carbonyl (C=O) groups is 1. The summed E-state index contributed by atoms with van der Waals surface area (Å²) in [4.78, 5) is 11.1. The van der Waals surface area contributed by atoms with Crippen LogP contribution < -0.4 is 14.2 Å². The SMILES string of the molecule is COc1cc(OC)cc(S(=O)(=O)NC(CC(C)C)C(=O)O)c1. The number of hydrogen-bond donors (Lipinski definition) is 2. The molecule has 0 saturated heterocycles. The van der Waals surface area contributed by atoms with E-state index in [-0.39, 0.29) is 17.2 Å². The highest BCUT2D eigenvalue weighted by Crippen LogP contribution is 2.25. The van der Waals surface area contributed by atoms with Crippen LogP contribution in [0.1, 0.15) is 20.3 Å². The third kappa shape index (κ3) is 4.88. The van der Waals surface area contributed by atoms with Gasteiger partial charge in [-0.3, -0.25) is 4.79 Å². The Morgan fingerprint density at radius 3 is 2.05 bits per heavy atom. The summed E-state index contributed by atoms with van der Waals surface area (Å²) in [6, 6.07) is 2.95. The Bertz CT molecular complexity index is 604. The highest BCUT2D eigenvalue weighted by atomic mass is 32.2. The first kappa shape index (κ1) is 18.2. The fourth-order valence-corrected chi connectivity index (χ4v) is 3.11. The Morgan fingerprint density at radius 2 is 1.68 bits per heavy atom. The molecule has 0 aliphatic rings. The van der Waals surface area contributed by atoms with Crippen molar-refractivity contribution in [1.29, 1.82) is 0 Å². The molecule has 7 nitrogen and oxygen atoms in total. The van der Waals surface area contributed by atoms with Crippen molar-refractivity contribution in [2.45, 2.75) is 31.2 Å². The molecular weight excluding hydrogens is 310 g/mol. The second-order valence-corrected chi connectivity index (χ2v) is 6.90. The van der Waals surface area contributed by atoms with Gasteiger partial charge in [-0.1, -0.05) is 13.8 Å². The Kier molecular flexibility index (Phi) is 6.19. The molecule has 0 aliphatic carbocycles. The average Bonchev–Trinajstić information content (AvgIpc) is 2.45. The first-order valence-corrected chi connectivity index (χ1v) is 8.16. The summed E-state index contributed by atoms with van der Waals surface area (Å²) in [5.74, 6) is -0.582. The third-order valence-electron chi connectivity index (χ3n) is 2.94. The van der Waals surface area contributed by atoms with Gasteiger partial charge in [-0.15, -0.1) is 0 Å². The Balaban J connectivity index is 3.14. The monoisotopic (exact) mass is 331 g/mol. The zero-order valence-electron chi connectivity index (χ0n) is 13.0. The third-order valence-corrected chi connectivity index (χ3v) is 4.39. The molecule has 0 spiro atoms. The number of rotatable bonds is 8. The van der Waals surface area contributed by atoms with Gasteiger partial charge in [0.1, 0.15) is 17.5 Å². The second kappa shape index (κ2) is 7.46. The smallest absolute Gasteiger partial charge is 0.321 e. The molecule has 0 bridgehead atoms. The molecule has 0 saturated carbocycles. The molecule has 0 amide bonds. The van der Waals surface area contributed by atoms with E-state index in [0.29, 0.717) is 11.5 Å². The maximum Gasteiger partial charge on any atom is 0.321 e. The minimum atomic E-state index is -4.01. The Hall–Kier alpha value is -1.80. The number of carboxylic acids is 1. The molecule has 0 radical (unpaired) electrons. The second-order valence-electron chi connectivity index (χ2n) is 5.19. The van der Waals surface area contributed by atoms with Gasteiger partial charge >= 0.3 is 5.97 Å². The summed E-state index contributed by atoms with van der Waals surface area (Å²) in [7, 11) is -1.21. The molecule has 22 heavy (non-hydrogen) atoms. The number of methoxy groups -OCH3 is 2. The lowest BCUT2D eigenvalue weighted by atomic mass is 10.1. The van der Waals surface area contributed by atoms with E-state index < -0.39 is 22.0 Å². The molecule has 0 aromatic heterocycles. The molecule has 0 heterocycles. The van der Waals surface area contributed by atoms with Crippen molar-refractivity contribution in [2.24, 2.45) is 5.92 Å². The van der Waals surface area contributed by atoms with Gasteiger partial charge < -0.3 is 14.6 Å². The van der Waals surface area contributed by atoms with Crippen LogP contribution in [-0.4, -0.2) is 39.8 Å². The van der Waals surface area contributed by atoms with Gasteiger partial charge in [0.15, 0.2) is 0 Å². The predicted octanol–water partition coefficient (Wildman–Crippen LogP) is 1.48. The zero-order valence-corrected chi connectivity index (χ0v) is 13.8. The fraction of sp³-hybridized carbons (Fsp3) is 0.500. The maximum absolute atomic E-state index is 12.4. The predicted molar refractivity (Wildman–Crippen MR) is 80.7 cm³/mol. The maximum atomic E-state index is 12.4. The first-order valence-electron chi connectivity index (χ1n) is 6.67. The van der Waals surface area contributed by atoms with Crippen LogP contribution in [0, 0.1) is 5.92 Å². The number of aliphatic carboxylic acids is 1. The lowest BCUT2D eigenvalue weighted by molar-refractivity contribution is -0.139. The van der Waals surface area contributed by atoms with E-state index >= 15 is 0 Å². The van der Waals surface area contributed by atoms with E-state index in [2.05, 4.69) is 4.72 Å². The lowest BCUT2D eigenvalue weighted by Gasteiger charge is -2.17. The summed E-state index contributed by atoms with van der Waals surface area (Å²) in [6.45, 7) is 3.64. The quantitative estimate of drug-likeness (QED) is 0.748. The van der Waals surface area contributed by atoms with Gasteiger partial charge in [0.05, 0.1) is 19.1 Å². The summed E-state index contributed by atoms with van der Waals surface area (Å²) in [5.41, 5.74) is 0. The van der Waals surface area contributed by atoms with Gasteiger partial charge in [0.2, 0.25) is 10.0 Å². The highest BCUT2D eigenvalue weighted by Gasteiger charge is 2.26. The van der Waals surface area contributed by atoms with E-state index in [9.17, 15) is 13.2 Å². The number of sulfonamides is 1. The van der Waals surface area contributed by atoms with Crippen molar-refractivity contribution in [3.8, 4) is 11.5 Å². The molecule has 1 rings (SSSR count). The summed E-state index contributed by atoms with van der Waals surface area (Å²) < 4.78 is 37.0. The normalized spacial score (nSPS) is 13.0. The number of hydrogen-bond acceptors (Lipinski definition) is 5. The van der Waals surface area contributed by atoms with Gasteiger partial charge in [-0.05, 0) is 12.3 Å². The van der Waals surface area contributed by atoms with Crippen LogP contribution in [0.25, 0.3) is 0 Å². The standard InChI is InChI=1S/C14H21NO6S/c1-9(2)5-13(14(16)17)15-22(18,19)12-7-10(20-3)6-11(8-12)21-4/h6-9,13,15H,5H2,1-4H3,(H,16,17). The van der Waals surface area contributed by atoms with Crippen LogP contribution >= 0.6 is 0 Å². The van der Waals surface area contributed by atoms with Crippen LogP contribution in [0.15, 0.2) is 23.1 Å². The number of nitrogens with one attached hydrogen (secondary N) is 1. The largest absolute Gasteiger partial charge is 0.497 e. The number of carboxylic acid groups (broad SMARTS) is 1. The minimum Gasteiger partial charge on any atom is -0.497 e. The molecule has 124 valence electrons. The molecule has 1 aromatic carbocycles. The Morgan fingerprint density at radius 1 is 1.18 bits per heavy atom. The van der Waals surface area contributed by atoms with E-state index in [0.717, 1.165) is 0 Å². The number of ether oxygens (including phenoxy) is 2. The fourth-order valence-electron chi connectivity index (χ4n) is 1.86. The van der Waals surface area contributed by atoms with Crippen molar-refractivity contribution in [2.75, 3.05) is 14.2 Å². The lowest BCUT2D eigenvalue weighted by Crippen LogP contribution is -2.41. The van der Waals surface area contributed by atoms with Crippen LogP contribution in [0.4, 0.5) is 0 Å². The van der Waals surface area contributed by atoms with Crippen LogP contribution in [-0.2, 0) is 14.8 Å². The number of benzene rings is 1. The first-order chi connectivity index (χ1) is 10.2. The van der Waals surface area contributed by atoms with Crippen LogP contribution in [0.3, 0.4) is 0 Å². The van der Waals surface area contributed by atoms with E-state index in [4.69, 9.17) is 14.6 Å². The summed E-state index contributed by atoms with van der Waals surface area (Å²) in [5, 5.41) is 9.16. The zero-order chi connectivity index (χ0) is 16.9. The van der Waals surface area contributed by atoms with E-state index in [1.165, 1.54) is 32.4 Å². The minimum absolute atomic E-state index is 0.0312. The summed E-state index contributed by atoms with van der Waals surface area (Å²) >= 11 is 0. The Labute approximate surface area is 130 Å². The van der Waals surface area contributed by atoms with Crippen molar-refractivity contribution in [3.63, 3.8) is 0 Å².